The Hall–Kier alpha value is -2.88. The lowest BCUT2D eigenvalue weighted by molar-refractivity contribution is 0.0940. The molecule has 0 radical (unpaired) electrons. The van der Waals surface area contributed by atoms with Crippen LogP contribution in [0.2, 0.25) is 0 Å². The van der Waals surface area contributed by atoms with E-state index in [0.717, 1.165) is 11.1 Å². The van der Waals surface area contributed by atoms with Crippen LogP contribution < -0.4 is 5.32 Å². The number of aryl methyl sites for hydroxylation is 2. The Bertz CT molecular complexity index is 771. The normalized spacial score (nSPS) is 10.8. The average Bonchev–Trinajstić information content (AvgIpc) is 3.02. The molecule has 0 unspecified atom stereocenters. The quantitative estimate of drug-likeness (QED) is 0.771. The maximum absolute atomic E-state index is 12.9. The molecule has 4 heteroatoms. The lowest BCUT2D eigenvalue weighted by atomic mass is 9.98. The fourth-order valence-corrected chi connectivity index (χ4v) is 2.80. The minimum atomic E-state index is -0.223. The van der Waals surface area contributed by atoms with Gasteiger partial charge in [0.15, 0.2) is 0 Å². The van der Waals surface area contributed by atoms with Crippen molar-refractivity contribution in [2.45, 2.75) is 26.3 Å². The number of carbonyl (C=O) groups excluding carboxylic acids is 1. The van der Waals surface area contributed by atoms with Gasteiger partial charge in [0.05, 0.1) is 11.7 Å². The molecule has 0 aliphatic heterocycles. The molecule has 1 heterocycles. The second-order valence-corrected chi connectivity index (χ2v) is 5.64. The molecule has 0 aliphatic carbocycles. The monoisotopic (exact) mass is 320 g/mol. The SMILES string of the molecule is CCc1noc(C)c1C(=O)NC(c1ccccc1)c1ccccc1. The molecular weight excluding hydrogens is 300 g/mol. The van der Waals surface area contributed by atoms with Crippen molar-refractivity contribution in [2.24, 2.45) is 0 Å². The van der Waals surface area contributed by atoms with E-state index in [0.29, 0.717) is 23.4 Å². The van der Waals surface area contributed by atoms with Gasteiger partial charge in [-0.05, 0) is 24.5 Å². The van der Waals surface area contributed by atoms with Crippen molar-refractivity contribution in [2.75, 3.05) is 0 Å². The Labute approximate surface area is 141 Å². The summed E-state index contributed by atoms with van der Waals surface area (Å²) in [7, 11) is 0. The first-order valence-corrected chi connectivity index (χ1v) is 8.06. The maximum atomic E-state index is 12.9. The standard InChI is InChI=1S/C20H20N2O2/c1-3-17-18(14(2)24-22-17)20(23)21-19(15-10-6-4-7-11-15)16-12-8-5-9-13-16/h4-13,19H,3H2,1-2H3,(H,21,23). The minimum Gasteiger partial charge on any atom is -0.361 e. The van der Waals surface area contributed by atoms with Crippen LogP contribution >= 0.6 is 0 Å². The summed E-state index contributed by atoms with van der Waals surface area (Å²) in [5.74, 6) is 0.382. The van der Waals surface area contributed by atoms with E-state index >= 15 is 0 Å². The van der Waals surface area contributed by atoms with E-state index in [-0.39, 0.29) is 11.9 Å². The molecule has 1 aromatic heterocycles. The Morgan fingerprint density at radius 1 is 1.04 bits per heavy atom. The van der Waals surface area contributed by atoms with Crippen LogP contribution in [0.3, 0.4) is 0 Å². The van der Waals surface area contributed by atoms with E-state index in [9.17, 15) is 4.79 Å². The van der Waals surface area contributed by atoms with Crippen LogP contribution in [0.15, 0.2) is 65.2 Å². The Morgan fingerprint density at radius 3 is 2.08 bits per heavy atom. The molecule has 3 rings (SSSR count). The third kappa shape index (κ3) is 3.23. The summed E-state index contributed by atoms with van der Waals surface area (Å²) in [6.07, 6.45) is 0.654. The van der Waals surface area contributed by atoms with Gasteiger partial charge in [-0.15, -0.1) is 0 Å². The van der Waals surface area contributed by atoms with E-state index in [2.05, 4.69) is 10.5 Å². The van der Waals surface area contributed by atoms with Gasteiger partial charge in [0.1, 0.15) is 11.3 Å². The van der Waals surface area contributed by atoms with Crippen LogP contribution in [-0.4, -0.2) is 11.1 Å². The van der Waals surface area contributed by atoms with Gasteiger partial charge < -0.3 is 9.84 Å². The molecule has 122 valence electrons. The predicted molar refractivity (Wildman–Crippen MR) is 92.8 cm³/mol. The van der Waals surface area contributed by atoms with Gasteiger partial charge in [-0.2, -0.15) is 0 Å². The molecule has 0 fully saturated rings. The van der Waals surface area contributed by atoms with Crippen molar-refractivity contribution in [1.29, 1.82) is 0 Å². The number of amides is 1. The first kappa shape index (κ1) is 16.0. The van der Waals surface area contributed by atoms with Crippen LogP contribution in [0.25, 0.3) is 0 Å². The molecular formula is C20H20N2O2. The number of carbonyl (C=O) groups is 1. The number of hydrogen-bond donors (Lipinski definition) is 1. The Balaban J connectivity index is 1.95. The maximum Gasteiger partial charge on any atom is 0.257 e. The molecule has 0 saturated heterocycles. The van der Waals surface area contributed by atoms with Crippen molar-refractivity contribution >= 4 is 5.91 Å². The first-order valence-electron chi connectivity index (χ1n) is 8.06. The minimum absolute atomic E-state index is 0.164. The van der Waals surface area contributed by atoms with Crippen molar-refractivity contribution in [3.05, 3.63) is 88.8 Å². The summed E-state index contributed by atoms with van der Waals surface area (Å²) >= 11 is 0. The largest absolute Gasteiger partial charge is 0.361 e. The molecule has 0 spiro atoms. The van der Waals surface area contributed by atoms with Gasteiger partial charge in [0.25, 0.3) is 5.91 Å². The molecule has 24 heavy (non-hydrogen) atoms. The molecule has 0 aliphatic rings. The molecule has 0 bridgehead atoms. The van der Waals surface area contributed by atoms with E-state index in [4.69, 9.17) is 4.52 Å². The third-order valence-corrected chi connectivity index (χ3v) is 4.04. The van der Waals surface area contributed by atoms with Crippen LogP contribution in [0.4, 0.5) is 0 Å². The number of hydrogen-bond acceptors (Lipinski definition) is 3. The topological polar surface area (TPSA) is 55.1 Å². The van der Waals surface area contributed by atoms with Crippen molar-refractivity contribution in [3.8, 4) is 0 Å². The number of aromatic nitrogens is 1. The highest BCUT2D eigenvalue weighted by molar-refractivity contribution is 5.96. The lowest BCUT2D eigenvalue weighted by Gasteiger charge is -2.20. The molecule has 1 amide bonds. The number of benzene rings is 2. The third-order valence-electron chi connectivity index (χ3n) is 4.04. The van der Waals surface area contributed by atoms with Crippen molar-refractivity contribution in [1.82, 2.24) is 10.5 Å². The molecule has 3 aromatic rings. The average molecular weight is 320 g/mol. The van der Waals surface area contributed by atoms with Crippen LogP contribution in [0, 0.1) is 6.92 Å². The summed E-state index contributed by atoms with van der Waals surface area (Å²) in [5, 5.41) is 7.10. The second kappa shape index (κ2) is 7.13. The zero-order valence-corrected chi connectivity index (χ0v) is 13.8. The van der Waals surface area contributed by atoms with Crippen LogP contribution in [-0.2, 0) is 6.42 Å². The Morgan fingerprint density at radius 2 is 1.58 bits per heavy atom. The van der Waals surface area contributed by atoms with Crippen LogP contribution in [0.5, 0.6) is 0 Å². The van der Waals surface area contributed by atoms with Gasteiger partial charge in [0.2, 0.25) is 0 Å². The summed E-state index contributed by atoms with van der Waals surface area (Å²) in [6, 6.07) is 19.6. The summed E-state index contributed by atoms with van der Waals surface area (Å²) < 4.78 is 5.19. The molecule has 2 aromatic carbocycles. The number of rotatable bonds is 5. The van der Waals surface area contributed by atoms with Crippen molar-refractivity contribution in [3.63, 3.8) is 0 Å². The zero-order valence-electron chi connectivity index (χ0n) is 13.8. The van der Waals surface area contributed by atoms with Gasteiger partial charge in [-0.1, -0.05) is 72.7 Å². The van der Waals surface area contributed by atoms with Gasteiger partial charge in [-0.3, -0.25) is 4.79 Å². The molecule has 0 atom stereocenters. The smallest absolute Gasteiger partial charge is 0.257 e. The van der Waals surface area contributed by atoms with Crippen LogP contribution in [0.1, 0.15) is 45.9 Å². The Kier molecular flexibility index (Phi) is 4.75. The number of nitrogens with one attached hydrogen (secondary N) is 1. The van der Waals surface area contributed by atoms with Gasteiger partial charge in [0, 0.05) is 0 Å². The van der Waals surface area contributed by atoms with Crippen molar-refractivity contribution < 1.29 is 9.32 Å². The highest BCUT2D eigenvalue weighted by Gasteiger charge is 2.23. The fraction of sp³-hybridized carbons (Fsp3) is 0.200. The zero-order chi connectivity index (χ0) is 16.9. The van der Waals surface area contributed by atoms with E-state index in [1.807, 2.05) is 67.6 Å². The molecule has 4 nitrogen and oxygen atoms in total. The molecule has 1 N–H and O–H groups in total. The van der Waals surface area contributed by atoms with Gasteiger partial charge >= 0.3 is 0 Å². The summed E-state index contributed by atoms with van der Waals surface area (Å²) in [6.45, 7) is 3.72. The van der Waals surface area contributed by atoms with E-state index in [1.165, 1.54) is 0 Å². The predicted octanol–water partition coefficient (Wildman–Crippen LogP) is 4.06. The summed E-state index contributed by atoms with van der Waals surface area (Å²) in [5.41, 5.74) is 3.28. The highest BCUT2D eigenvalue weighted by Crippen LogP contribution is 2.23. The van der Waals surface area contributed by atoms with E-state index < -0.39 is 0 Å². The summed E-state index contributed by atoms with van der Waals surface area (Å²) in [4.78, 5) is 12.9. The van der Waals surface area contributed by atoms with E-state index in [1.54, 1.807) is 6.92 Å². The second-order valence-electron chi connectivity index (χ2n) is 5.64. The highest BCUT2D eigenvalue weighted by atomic mass is 16.5. The van der Waals surface area contributed by atoms with Gasteiger partial charge in [-0.25, -0.2) is 0 Å². The lowest BCUT2D eigenvalue weighted by Crippen LogP contribution is -2.30. The first-order chi connectivity index (χ1) is 11.7. The molecule has 0 saturated carbocycles. The number of nitrogens with zero attached hydrogens (tertiary/aromatic N) is 1. The fourth-order valence-electron chi connectivity index (χ4n) is 2.80.